The number of carbonyl (C=O) groups excluding carboxylic acids is 1. The highest BCUT2D eigenvalue weighted by Gasteiger charge is 2.15. The van der Waals surface area contributed by atoms with E-state index in [4.69, 9.17) is 4.74 Å². The fourth-order valence-electron chi connectivity index (χ4n) is 1.69. The van der Waals surface area contributed by atoms with Crippen molar-refractivity contribution in [3.8, 4) is 0 Å². The molecule has 0 bridgehead atoms. The number of anilines is 1. The maximum Gasteiger partial charge on any atom is 0.252 e. The normalized spacial score (nSPS) is 13.8. The number of aromatic nitrogens is 1. The average molecular weight is 263 g/mol. The number of carbonyl (C=O) groups is 1. The molecule has 0 aromatic carbocycles. The van der Waals surface area contributed by atoms with Gasteiger partial charge in [0.25, 0.3) is 5.91 Å². The van der Waals surface area contributed by atoms with Crippen LogP contribution in [0, 0.1) is 0 Å². The van der Waals surface area contributed by atoms with E-state index < -0.39 is 0 Å². The van der Waals surface area contributed by atoms with Gasteiger partial charge < -0.3 is 4.74 Å². The van der Waals surface area contributed by atoms with Crippen molar-refractivity contribution in [2.75, 3.05) is 19.0 Å². The molecule has 4 nitrogen and oxygen atoms in total. The van der Waals surface area contributed by atoms with Gasteiger partial charge in [-0.25, -0.2) is 4.98 Å². The van der Waals surface area contributed by atoms with E-state index in [0.717, 1.165) is 12.8 Å². The van der Waals surface area contributed by atoms with Gasteiger partial charge in [-0.2, -0.15) is 0 Å². The van der Waals surface area contributed by atoms with Crippen molar-refractivity contribution in [2.24, 2.45) is 0 Å². The van der Waals surface area contributed by atoms with E-state index in [1.54, 1.807) is 11.3 Å². The molecule has 0 spiro atoms. The van der Waals surface area contributed by atoms with Gasteiger partial charge in [0.15, 0.2) is 5.13 Å². The highest BCUT2D eigenvalue weighted by molar-refractivity contribution is 7.15. The summed E-state index contributed by atoms with van der Waals surface area (Å²) in [5.41, 5.74) is 1.17. The standard InChI is InChI=1S/C10H14N2O2S.ClH/c1-14-6-9(13)12-10-11-7-4-2-3-5-8(7)15-10;/h2-6H2,1H3,(H,11,12,13);1H. The number of hydrogen-bond acceptors (Lipinski definition) is 4. The van der Waals surface area contributed by atoms with E-state index in [9.17, 15) is 4.79 Å². The number of rotatable bonds is 3. The molecule has 0 saturated heterocycles. The monoisotopic (exact) mass is 262 g/mol. The second kappa shape index (κ2) is 6.18. The number of methoxy groups -OCH3 is 1. The second-order valence-corrected chi connectivity index (χ2v) is 4.66. The summed E-state index contributed by atoms with van der Waals surface area (Å²) < 4.78 is 4.74. The van der Waals surface area contributed by atoms with Crippen LogP contribution < -0.4 is 5.32 Å². The fourth-order valence-corrected chi connectivity index (χ4v) is 2.76. The highest BCUT2D eigenvalue weighted by Crippen LogP contribution is 2.29. The van der Waals surface area contributed by atoms with Crippen LogP contribution in [-0.2, 0) is 22.4 Å². The third-order valence-electron chi connectivity index (χ3n) is 2.37. The Morgan fingerprint density at radius 1 is 1.50 bits per heavy atom. The Hall–Kier alpha value is -0.650. The molecule has 1 N–H and O–H groups in total. The molecule has 0 unspecified atom stereocenters. The van der Waals surface area contributed by atoms with Gasteiger partial charge in [0, 0.05) is 12.0 Å². The largest absolute Gasteiger partial charge is 0.375 e. The summed E-state index contributed by atoms with van der Waals surface area (Å²) in [5.74, 6) is -0.136. The SMILES string of the molecule is COCC(=O)Nc1nc2c(s1)CCCC2.Cl. The predicted molar refractivity (Wildman–Crippen MR) is 66.5 cm³/mol. The molecule has 2 rings (SSSR count). The number of halogens is 1. The number of ether oxygens (including phenoxy) is 1. The van der Waals surface area contributed by atoms with Gasteiger partial charge in [-0.15, -0.1) is 23.7 Å². The van der Waals surface area contributed by atoms with Crippen molar-refractivity contribution in [1.82, 2.24) is 4.98 Å². The molecule has 1 heterocycles. The Labute approximate surface area is 105 Å². The van der Waals surface area contributed by atoms with Gasteiger partial charge in [0.2, 0.25) is 0 Å². The van der Waals surface area contributed by atoms with Gasteiger partial charge in [-0.3, -0.25) is 10.1 Å². The molecular weight excluding hydrogens is 248 g/mol. The number of hydrogen-bond donors (Lipinski definition) is 1. The van der Waals surface area contributed by atoms with E-state index in [1.165, 1.54) is 30.5 Å². The zero-order valence-corrected chi connectivity index (χ0v) is 10.7. The molecule has 0 saturated carbocycles. The average Bonchev–Trinajstić information content (AvgIpc) is 2.59. The van der Waals surface area contributed by atoms with Crippen LogP contribution in [0.15, 0.2) is 0 Å². The number of nitrogens with zero attached hydrogens (tertiary/aromatic N) is 1. The van der Waals surface area contributed by atoms with E-state index in [-0.39, 0.29) is 24.9 Å². The van der Waals surface area contributed by atoms with Crippen molar-refractivity contribution < 1.29 is 9.53 Å². The Kier molecular flexibility index (Phi) is 5.18. The lowest BCUT2D eigenvalue weighted by atomic mass is 10.0. The summed E-state index contributed by atoms with van der Waals surface area (Å²) in [5, 5.41) is 3.46. The molecule has 0 atom stereocenters. The quantitative estimate of drug-likeness (QED) is 0.907. The maximum atomic E-state index is 11.3. The Morgan fingerprint density at radius 2 is 2.25 bits per heavy atom. The van der Waals surface area contributed by atoms with Crippen LogP contribution in [0.5, 0.6) is 0 Å². The van der Waals surface area contributed by atoms with Gasteiger partial charge in [0.05, 0.1) is 5.69 Å². The zero-order valence-electron chi connectivity index (χ0n) is 9.12. The Balaban J connectivity index is 0.00000128. The van der Waals surface area contributed by atoms with Crippen molar-refractivity contribution in [1.29, 1.82) is 0 Å². The van der Waals surface area contributed by atoms with E-state index in [2.05, 4.69) is 10.3 Å². The lowest BCUT2D eigenvalue weighted by Crippen LogP contribution is -2.16. The first-order chi connectivity index (χ1) is 7.29. The molecule has 0 radical (unpaired) electrons. The van der Waals surface area contributed by atoms with Crippen LogP contribution in [0.2, 0.25) is 0 Å². The summed E-state index contributed by atoms with van der Waals surface area (Å²) in [6, 6.07) is 0. The molecule has 1 aliphatic carbocycles. The molecule has 90 valence electrons. The minimum absolute atomic E-state index is 0. The Bertz CT molecular complexity index is 344. The predicted octanol–water partition coefficient (Wildman–Crippen LogP) is 2.03. The van der Waals surface area contributed by atoms with Crippen LogP contribution in [-0.4, -0.2) is 24.6 Å². The number of amides is 1. The van der Waals surface area contributed by atoms with Crippen LogP contribution in [0.3, 0.4) is 0 Å². The van der Waals surface area contributed by atoms with Crippen LogP contribution in [0.25, 0.3) is 0 Å². The third kappa shape index (κ3) is 3.17. The number of aryl methyl sites for hydroxylation is 2. The minimum atomic E-state index is -0.136. The fraction of sp³-hybridized carbons (Fsp3) is 0.600. The first-order valence-electron chi connectivity index (χ1n) is 5.07. The molecule has 1 aliphatic rings. The number of nitrogens with one attached hydrogen (secondary N) is 1. The van der Waals surface area contributed by atoms with Crippen LogP contribution in [0.4, 0.5) is 5.13 Å². The maximum absolute atomic E-state index is 11.3. The van der Waals surface area contributed by atoms with Gasteiger partial charge in [-0.1, -0.05) is 0 Å². The summed E-state index contributed by atoms with van der Waals surface area (Å²) in [6.07, 6.45) is 4.60. The molecule has 1 aromatic heterocycles. The summed E-state index contributed by atoms with van der Waals surface area (Å²) >= 11 is 1.59. The van der Waals surface area contributed by atoms with Gasteiger partial charge >= 0.3 is 0 Å². The van der Waals surface area contributed by atoms with E-state index in [0.29, 0.717) is 5.13 Å². The van der Waals surface area contributed by atoms with Gasteiger partial charge in [0.1, 0.15) is 6.61 Å². The summed E-state index contributed by atoms with van der Waals surface area (Å²) in [4.78, 5) is 17.0. The van der Waals surface area contributed by atoms with Crippen molar-refractivity contribution in [3.63, 3.8) is 0 Å². The van der Waals surface area contributed by atoms with Gasteiger partial charge in [-0.05, 0) is 25.7 Å². The highest BCUT2D eigenvalue weighted by atomic mass is 35.5. The first-order valence-corrected chi connectivity index (χ1v) is 5.88. The van der Waals surface area contributed by atoms with Crippen molar-refractivity contribution in [3.05, 3.63) is 10.6 Å². The molecule has 0 aliphatic heterocycles. The van der Waals surface area contributed by atoms with E-state index in [1.807, 2.05) is 0 Å². The summed E-state index contributed by atoms with van der Waals surface area (Å²) in [6.45, 7) is 0.0875. The topological polar surface area (TPSA) is 51.2 Å². The number of fused-ring (bicyclic) bond motifs is 1. The molecule has 0 fully saturated rings. The zero-order chi connectivity index (χ0) is 10.7. The third-order valence-corrected chi connectivity index (χ3v) is 3.44. The van der Waals surface area contributed by atoms with Crippen molar-refractivity contribution in [2.45, 2.75) is 25.7 Å². The van der Waals surface area contributed by atoms with E-state index >= 15 is 0 Å². The first kappa shape index (κ1) is 13.4. The molecule has 6 heteroatoms. The van der Waals surface area contributed by atoms with Crippen LogP contribution in [0.1, 0.15) is 23.4 Å². The molecular formula is C10H15ClN2O2S. The van der Waals surface area contributed by atoms with Crippen LogP contribution >= 0.6 is 23.7 Å². The lowest BCUT2D eigenvalue weighted by Gasteiger charge is -2.06. The second-order valence-electron chi connectivity index (χ2n) is 3.58. The Morgan fingerprint density at radius 3 is 2.94 bits per heavy atom. The number of thiazole rings is 1. The minimum Gasteiger partial charge on any atom is -0.375 e. The smallest absolute Gasteiger partial charge is 0.252 e. The lowest BCUT2D eigenvalue weighted by molar-refractivity contribution is -0.119. The van der Waals surface area contributed by atoms with Crippen molar-refractivity contribution >= 4 is 34.8 Å². The molecule has 1 aromatic rings. The molecule has 1 amide bonds. The summed E-state index contributed by atoms with van der Waals surface area (Å²) in [7, 11) is 1.51. The molecule has 16 heavy (non-hydrogen) atoms.